The van der Waals surface area contributed by atoms with Gasteiger partial charge in [0.05, 0.1) is 18.2 Å². The van der Waals surface area contributed by atoms with Gasteiger partial charge >= 0.3 is 6.03 Å². The quantitative estimate of drug-likeness (QED) is 0.768. The van der Waals surface area contributed by atoms with Crippen LogP contribution in [0.2, 0.25) is 5.02 Å². The summed E-state index contributed by atoms with van der Waals surface area (Å²) in [5.74, 6) is 0.488. The molecule has 1 N–H and O–H groups in total. The number of aryl methyl sites for hydroxylation is 1. The molecule has 0 spiro atoms. The van der Waals surface area contributed by atoms with E-state index in [0.717, 1.165) is 35.4 Å². The summed E-state index contributed by atoms with van der Waals surface area (Å²) in [5, 5.41) is 3.65. The molecule has 2 heterocycles. The van der Waals surface area contributed by atoms with Crippen LogP contribution >= 0.6 is 11.6 Å². The molecule has 0 saturated carbocycles. The van der Waals surface area contributed by atoms with Crippen molar-refractivity contribution in [1.29, 1.82) is 0 Å². The molecule has 0 aliphatic carbocycles. The van der Waals surface area contributed by atoms with E-state index in [2.05, 4.69) is 5.32 Å². The number of carbonyl (C=O) groups excluding carboxylic acids is 2. The van der Waals surface area contributed by atoms with Gasteiger partial charge in [-0.2, -0.15) is 0 Å². The Kier molecular flexibility index (Phi) is 6.37. The number of piperidine rings is 1. The van der Waals surface area contributed by atoms with Gasteiger partial charge in [-0.25, -0.2) is 4.79 Å². The molecule has 7 heteroatoms. The molecular weight excluding hydrogens is 414 g/mol. The lowest BCUT2D eigenvalue weighted by molar-refractivity contribution is -0.126. The predicted molar refractivity (Wildman–Crippen MR) is 122 cm³/mol. The molecule has 2 atom stereocenters. The maximum absolute atomic E-state index is 13.4. The van der Waals surface area contributed by atoms with Crippen LogP contribution in [0.15, 0.2) is 42.5 Å². The van der Waals surface area contributed by atoms with E-state index in [4.69, 9.17) is 16.3 Å². The number of hydrogen-bond acceptors (Lipinski definition) is 3. The molecule has 3 amide bonds. The van der Waals surface area contributed by atoms with Crippen LogP contribution in [-0.2, 0) is 11.3 Å². The van der Waals surface area contributed by atoms with Crippen molar-refractivity contribution >= 4 is 29.2 Å². The summed E-state index contributed by atoms with van der Waals surface area (Å²) in [4.78, 5) is 29.8. The topological polar surface area (TPSA) is 61.9 Å². The molecule has 6 nitrogen and oxygen atoms in total. The Labute approximate surface area is 188 Å². The lowest BCUT2D eigenvalue weighted by Crippen LogP contribution is -2.53. The van der Waals surface area contributed by atoms with Gasteiger partial charge < -0.3 is 15.0 Å². The number of nitrogens with zero attached hydrogens (tertiary/aromatic N) is 2. The van der Waals surface area contributed by atoms with Crippen molar-refractivity contribution in [3.8, 4) is 5.75 Å². The van der Waals surface area contributed by atoms with Gasteiger partial charge in [0.1, 0.15) is 11.9 Å². The molecule has 1 fully saturated rings. The summed E-state index contributed by atoms with van der Waals surface area (Å²) in [6.07, 6.45) is 1.50. The Balaban J connectivity index is 1.42. The highest BCUT2D eigenvalue weighted by molar-refractivity contribution is 6.30. The Hall–Kier alpha value is -2.73. The third-order valence-electron chi connectivity index (χ3n) is 5.82. The van der Waals surface area contributed by atoms with E-state index in [0.29, 0.717) is 31.2 Å². The minimum atomic E-state index is -0.215. The second-order valence-corrected chi connectivity index (χ2v) is 8.86. The van der Waals surface area contributed by atoms with Gasteiger partial charge in [-0.05, 0) is 62.1 Å². The van der Waals surface area contributed by atoms with Crippen LogP contribution in [0.1, 0.15) is 30.9 Å². The molecule has 0 bridgehead atoms. The van der Waals surface area contributed by atoms with Gasteiger partial charge in [-0.1, -0.05) is 29.8 Å². The molecule has 0 aromatic heterocycles. The first-order valence-electron chi connectivity index (χ1n) is 10.8. The summed E-state index contributed by atoms with van der Waals surface area (Å²) >= 11 is 6.02. The minimum absolute atomic E-state index is 0.0240. The van der Waals surface area contributed by atoms with Crippen molar-refractivity contribution in [3.05, 3.63) is 58.6 Å². The Morgan fingerprint density at radius 2 is 2.03 bits per heavy atom. The third-order valence-corrected chi connectivity index (χ3v) is 6.06. The predicted octanol–water partition coefficient (Wildman–Crippen LogP) is 4.38. The Bertz CT molecular complexity index is 980. The average Bonchev–Trinajstić information content (AvgIpc) is 2.77. The van der Waals surface area contributed by atoms with Crippen molar-refractivity contribution in [2.75, 3.05) is 24.5 Å². The van der Waals surface area contributed by atoms with Crippen LogP contribution in [0.4, 0.5) is 10.5 Å². The summed E-state index contributed by atoms with van der Waals surface area (Å²) in [7, 11) is 0. The number of likely N-dealkylation sites (tertiary alicyclic amines) is 1. The lowest BCUT2D eigenvalue weighted by atomic mass is 9.97. The minimum Gasteiger partial charge on any atom is -0.487 e. The molecule has 31 heavy (non-hydrogen) atoms. The fourth-order valence-electron chi connectivity index (χ4n) is 4.24. The van der Waals surface area contributed by atoms with Crippen molar-refractivity contribution in [3.63, 3.8) is 0 Å². The van der Waals surface area contributed by atoms with Crippen LogP contribution in [0.3, 0.4) is 0 Å². The number of carbonyl (C=O) groups is 2. The summed E-state index contributed by atoms with van der Waals surface area (Å²) in [6, 6.07) is 13.3. The lowest BCUT2D eigenvalue weighted by Gasteiger charge is -2.39. The van der Waals surface area contributed by atoms with Crippen molar-refractivity contribution < 1.29 is 14.3 Å². The molecule has 0 radical (unpaired) electrons. The number of benzene rings is 2. The van der Waals surface area contributed by atoms with E-state index in [1.807, 2.05) is 56.3 Å². The highest BCUT2D eigenvalue weighted by atomic mass is 35.5. The molecule has 2 aromatic carbocycles. The van der Waals surface area contributed by atoms with Gasteiger partial charge in [-0.3, -0.25) is 9.69 Å². The monoisotopic (exact) mass is 441 g/mol. The smallest absolute Gasteiger partial charge is 0.324 e. The number of ether oxygens (including phenoxy) is 1. The number of hydrogen-bond donors (Lipinski definition) is 1. The fraction of sp³-hybridized carbons (Fsp3) is 0.417. The zero-order chi connectivity index (χ0) is 22.0. The van der Waals surface area contributed by atoms with Gasteiger partial charge in [-0.15, -0.1) is 0 Å². The van der Waals surface area contributed by atoms with E-state index < -0.39 is 0 Å². The number of fused-ring (bicyclic) bond motifs is 1. The second-order valence-electron chi connectivity index (χ2n) is 8.43. The Morgan fingerprint density at radius 1 is 1.19 bits per heavy atom. The van der Waals surface area contributed by atoms with E-state index in [9.17, 15) is 9.59 Å². The molecule has 1 saturated heterocycles. The number of nitrogens with one attached hydrogen (secondary N) is 1. The molecule has 4 rings (SSSR count). The zero-order valence-corrected chi connectivity index (χ0v) is 18.7. The molecule has 2 aromatic rings. The largest absolute Gasteiger partial charge is 0.487 e. The first kappa shape index (κ1) is 21.5. The van der Waals surface area contributed by atoms with Crippen LogP contribution in [0, 0.1) is 12.8 Å². The van der Waals surface area contributed by atoms with E-state index in [-0.39, 0.29) is 24.0 Å². The molecule has 164 valence electrons. The molecular formula is C24H28ClN3O3. The van der Waals surface area contributed by atoms with Crippen LogP contribution in [-0.4, -0.2) is 42.6 Å². The van der Waals surface area contributed by atoms with Crippen LogP contribution < -0.4 is 15.0 Å². The number of halogens is 1. The number of anilines is 1. The standard InChI is InChI=1S/C24H28ClN3O3/c1-16-8-9-22-21(11-16)28(14-17(2)31-22)24(30)27-10-4-6-19(15-27)23(29)26-13-18-5-3-7-20(25)12-18/h3,5,7-9,11-12,17,19H,4,6,10,13-15H2,1-2H3,(H,26,29). The Morgan fingerprint density at radius 3 is 2.84 bits per heavy atom. The van der Waals surface area contributed by atoms with E-state index >= 15 is 0 Å². The first-order valence-corrected chi connectivity index (χ1v) is 11.1. The molecule has 2 unspecified atom stereocenters. The van der Waals surface area contributed by atoms with Crippen LogP contribution in [0.5, 0.6) is 5.75 Å². The number of rotatable bonds is 3. The fourth-order valence-corrected chi connectivity index (χ4v) is 4.46. The SMILES string of the molecule is Cc1ccc2c(c1)N(C(=O)N1CCCC(C(=O)NCc3cccc(Cl)c3)C1)CC(C)O2. The zero-order valence-electron chi connectivity index (χ0n) is 17.9. The van der Waals surface area contributed by atoms with E-state index in [1.54, 1.807) is 9.80 Å². The van der Waals surface area contributed by atoms with Crippen molar-refractivity contribution in [2.24, 2.45) is 5.92 Å². The molecule has 2 aliphatic rings. The van der Waals surface area contributed by atoms with Crippen molar-refractivity contribution in [2.45, 2.75) is 39.3 Å². The van der Waals surface area contributed by atoms with Crippen LogP contribution in [0.25, 0.3) is 0 Å². The number of urea groups is 1. The van der Waals surface area contributed by atoms with Gasteiger partial charge in [0.25, 0.3) is 0 Å². The number of amides is 3. The maximum Gasteiger partial charge on any atom is 0.324 e. The third kappa shape index (κ3) is 4.96. The summed E-state index contributed by atoms with van der Waals surface area (Å²) in [6.45, 7) is 5.97. The highest BCUT2D eigenvalue weighted by Gasteiger charge is 2.34. The van der Waals surface area contributed by atoms with Gasteiger partial charge in [0, 0.05) is 24.7 Å². The first-order chi connectivity index (χ1) is 14.9. The normalized spacial score (nSPS) is 20.6. The van der Waals surface area contributed by atoms with E-state index in [1.165, 1.54) is 0 Å². The second kappa shape index (κ2) is 9.18. The average molecular weight is 442 g/mol. The summed E-state index contributed by atoms with van der Waals surface area (Å²) < 4.78 is 5.91. The summed E-state index contributed by atoms with van der Waals surface area (Å²) in [5.41, 5.74) is 2.83. The maximum atomic E-state index is 13.4. The highest BCUT2D eigenvalue weighted by Crippen LogP contribution is 2.35. The van der Waals surface area contributed by atoms with Gasteiger partial charge in [0.15, 0.2) is 0 Å². The van der Waals surface area contributed by atoms with Crippen molar-refractivity contribution in [1.82, 2.24) is 10.2 Å². The molecule has 2 aliphatic heterocycles. The van der Waals surface area contributed by atoms with Gasteiger partial charge in [0.2, 0.25) is 5.91 Å².